The van der Waals surface area contributed by atoms with Crippen LogP contribution < -0.4 is 9.64 Å². The van der Waals surface area contributed by atoms with Crippen molar-refractivity contribution in [2.24, 2.45) is 0 Å². The molecule has 8 heteroatoms. The topological polar surface area (TPSA) is 45.7 Å². The lowest BCUT2D eigenvalue weighted by Gasteiger charge is -2.24. The predicted octanol–water partition coefficient (Wildman–Crippen LogP) is 5.69. The predicted molar refractivity (Wildman–Crippen MR) is 133 cm³/mol. The van der Waals surface area contributed by atoms with Crippen molar-refractivity contribution in [2.45, 2.75) is 31.6 Å². The van der Waals surface area contributed by atoms with Crippen molar-refractivity contribution in [3.8, 4) is 5.75 Å². The number of hydrogen-bond donors (Lipinski definition) is 0. The van der Waals surface area contributed by atoms with E-state index in [1.54, 1.807) is 29.8 Å². The van der Waals surface area contributed by atoms with Crippen molar-refractivity contribution >= 4 is 44.4 Å². The van der Waals surface area contributed by atoms with E-state index in [1.165, 1.54) is 23.5 Å². The van der Waals surface area contributed by atoms with E-state index < -0.39 is 0 Å². The van der Waals surface area contributed by atoms with Crippen molar-refractivity contribution in [1.29, 1.82) is 0 Å². The molecule has 0 fully saturated rings. The third-order valence-electron chi connectivity index (χ3n) is 5.27. The average molecular weight is 476 g/mol. The minimum absolute atomic E-state index is 0.0621. The molecule has 0 saturated carbocycles. The van der Waals surface area contributed by atoms with Gasteiger partial charge in [-0.15, -0.1) is 11.8 Å². The van der Waals surface area contributed by atoms with Crippen molar-refractivity contribution < 1.29 is 13.9 Å². The number of nitrogens with zero attached hydrogens (tertiary/aromatic N) is 3. The molecule has 5 nitrogen and oxygen atoms in total. The van der Waals surface area contributed by atoms with Crippen molar-refractivity contribution in [2.75, 3.05) is 43.9 Å². The molecule has 1 aromatic heterocycles. The number of ether oxygens (including phenoxy) is 1. The zero-order valence-corrected chi connectivity index (χ0v) is 20.5. The molecule has 0 aliphatic rings. The highest BCUT2D eigenvalue weighted by Crippen LogP contribution is 2.30. The number of amides is 1. The molecule has 1 amide bonds. The number of anilines is 1. The number of fused-ring (bicyclic) bond motifs is 1. The summed E-state index contributed by atoms with van der Waals surface area (Å²) < 4.78 is 19.6. The second-order valence-electron chi connectivity index (χ2n) is 7.31. The minimum atomic E-state index is -0.288. The molecule has 0 radical (unpaired) electrons. The first-order valence-corrected chi connectivity index (χ1v) is 12.7. The maximum atomic E-state index is 13.6. The van der Waals surface area contributed by atoms with Gasteiger partial charge in [0.15, 0.2) is 5.13 Å². The van der Waals surface area contributed by atoms with Crippen LogP contribution in [0, 0.1) is 5.82 Å². The van der Waals surface area contributed by atoms with E-state index in [1.807, 2.05) is 24.3 Å². The normalized spacial score (nSPS) is 11.3. The van der Waals surface area contributed by atoms with Gasteiger partial charge in [-0.25, -0.2) is 9.37 Å². The summed E-state index contributed by atoms with van der Waals surface area (Å²) in [5.74, 6) is 1.47. The first kappa shape index (κ1) is 24.5. The maximum absolute atomic E-state index is 13.6. The lowest BCUT2D eigenvalue weighted by molar-refractivity contribution is -0.118. The molecule has 0 saturated heterocycles. The molecule has 32 heavy (non-hydrogen) atoms. The van der Waals surface area contributed by atoms with Crippen LogP contribution in [0.1, 0.15) is 26.7 Å². The highest BCUT2D eigenvalue weighted by Gasteiger charge is 2.20. The van der Waals surface area contributed by atoms with Crippen molar-refractivity contribution in [3.05, 3.63) is 48.3 Å². The standard InChI is InChI=1S/C24H30FN3O2S2/c1-4-27(5-2)14-15-28(24-26-21-13-8-18(25)17-22(21)32-24)23(29)7-6-16-31-20-11-9-19(30-3)10-12-20/h8-13,17H,4-7,14-16H2,1-3H3. The molecular formula is C24H30FN3O2S2. The Bertz CT molecular complexity index is 1010. The Morgan fingerprint density at radius 3 is 2.56 bits per heavy atom. The fourth-order valence-electron chi connectivity index (χ4n) is 3.33. The van der Waals surface area contributed by atoms with Crippen LogP contribution in [-0.2, 0) is 4.79 Å². The molecule has 0 spiro atoms. The molecule has 2 aromatic carbocycles. The van der Waals surface area contributed by atoms with Crippen LogP contribution in [0.15, 0.2) is 47.4 Å². The first-order chi connectivity index (χ1) is 15.5. The van der Waals surface area contributed by atoms with Gasteiger partial charge in [0.25, 0.3) is 0 Å². The molecule has 0 atom stereocenters. The summed E-state index contributed by atoms with van der Waals surface area (Å²) in [6.07, 6.45) is 1.22. The zero-order chi connectivity index (χ0) is 22.9. The van der Waals surface area contributed by atoms with E-state index in [4.69, 9.17) is 4.74 Å². The van der Waals surface area contributed by atoms with Gasteiger partial charge in [-0.2, -0.15) is 0 Å². The Morgan fingerprint density at radius 1 is 1.12 bits per heavy atom. The fraction of sp³-hybridized carbons (Fsp3) is 0.417. The van der Waals surface area contributed by atoms with Crippen LogP contribution >= 0.6 is 23.1 Å². The SMILES string of the molecule is CCN(CC)CCN(C(=O)CCCSc1ccc(OC)cc1)c1nc2ccc(F)cc2s1. The van der Waals surface area contributed by atoms with Gasteiger partial charge < -0.3 is 9.64 Å². The van der Waals surface area contributed by atoms with E-state index in [2.05, 4.69) is 23.7 Å². The summed E-state index contributed by atoms with van der Waals surface area (Å²) in [4.78, 5) is 23.0. The summed E-state index contributed by atoms with van der Waals surface area (Å²) in [7, 11) is 1.65. The van der Waals surface area contributed by atoms with E-state index in [9.17, 15) is 9.18 Å². The van der Waals surface area contributed by atoms with Crippen LogP contribution in [0.4, 0.5) is 9.52 Å². The van der Waals surface area contributed by atoms with Crippen LogP contribution in [0.3, 0.4) is 0 Å². The number of halogens is 1. The van der Waals surface area contributed by atoms with Gasteiger partial charge in [-0.3, -0.25) is 9.69 Å². The number of thioether (sulfide) groups is 1. The third kappa shape index (κ3) is 6.67. The second-order valence-corrected chi connectivity index (χ2v) is 9.49. The molecule has 0 aliphatic heterocycles. The molecule has 3 aromatic rings. The van der Waals surface area contributed by atoms with Crippen LogP contribution in [0.2, 0.25) is 0 Å². The monoisotopic (exact) mass is 475 g/mol. The van der Waals surface area contributed by atoms with Gasteiger partial charge in [0, 0.05) is 24.4 Å². The Labute approximate surface area is 197 Å². The van der Waals surface area contributed by atoms with Crippen LogP contribution in [0.5, 0.6) is 5.75 Å². The number of likely N-dealkylation sites (N-methyl/N-ethyl adjacent to an activating group) is 1. The lowest BCUT2D eigenvalue weighted by Crippen LogP contribution is -2.38. The molecule has 0 N–H and O–H groups in total. The summed E-state index contributed by atoms with van der Waals surface area (Å²) in [6, 6.07) is 12.5. The largest absolute Gasteiger partial charge is 0.497 e. The first-order valence-electron chi connectivity index (χ1n) is 10.9. The Kier molecular flexibility index (Phi) is 9.32. The number of methoxy groups -OCH3 is 1. The summed E-state index contributed by atoms with van der Waals surface area (Å²) in [6.45, 7) is 7.46. The molecular weight excluding hydrogens is 445 g/mol. The summed E-state index contributed by atoms with van der Waals surface area (Å²) in [5, 5.41) is 0.644. The lowest BCUT2D eigenvalue weighted by atomic mass is 10.3. The molecule has 1 heterocycles. The van der Waals surface area contributed by atoms with Crippen LogP contribution in [0.25, 0.3) is 10.2 Å². The zero-order valence-electron chi connectivity index (χ0n) is 18.8. The van der Waals surface area contributed by atoms with Gasteiger partial charge >= 0.3 is 0 Å². The number of rotatable bonds is 12. The van der Waals surface area contributed by atoms with Gasteiger partial charge in [0.1, 0.15) is 11.6 Å². The number of aromatic nitrogens is 1. The fourth-order valence-corrected chi connectivity index (χ4v) is 5.22. The van der Waals surface area contributed by atoms with E-state index in [0.717, 1.165) is 52.7 Å². The highest BCUT2D eigenvalue weighted by molar-refractivity contribution is 7.99. The number of carbonyl (C=O) groups excluding carboxylic acids is 1. The highest BCUT2D eigenvalue weighted by atomic mass is 32.2. The Morgan fingerprint density at radius 2 is 1.88 bits per heavy atom. The molecule has 0 unspecified atom stereocenters. The quantitative estimate of drug-likeness (QED) is 0.249. The summed E-state index contributed by atoms with van der Waals surface area (Å²) >= 11 is 3.10. The van der Waals surface area contributed by atoms with E-state index in [-0.39, 0.29) is 11.7 Å². The van der Waals surface area contributed by atoms with E-state index in [0.29, 0.717) is 18.1 Å². The van der Waals surface area contributed by atoms with Gasteiger partial charge in [0.2, 0.25) is 5.91 Å². The molecule has 0 bridgehead atoms. The van der Waals surface area contributed by atoms with Gasteiger partial charge in [0.05, 0.1) is 17.3 Å². The van der Waals surface area contributed by atoms with Crippen LogP contribution in [-0.4, -0.2) is 54.8 Å². The Balaban J connectivity index is 1.63. The average Bonchev–Trinajstić information content (AvgIpc) is 3.22. The van der Waals surface area contributed by atoms with Gasteiger partial charge in [-0.1, -0.05) is 25.2 Å². The maximum Gasteiger partial charge on any atom is 0.228 e. The number of carbonyl (C=O) groups is 1. The van der Waals surface area contributed by atoms with E-state index >= 15 is 0 Å². The number of thiazole rings is 1. The smallest absolute Gasteiger partial charge is 0.228 e. The van der Waals surface area contributed by atoms with Crippen molar-refractivity contribution in [1.82, 2.24) is 9.88 Å². The third-order valence-corrected chi connectivity index (χ3v) is 7.41. The van der Waals surface area contributed by atoms with Gasteiger partial charge in [-0.05, 0) is 67.7 Å². The Hall–Kier alpha value is -2.16. The number of benzene rings is 2. The molecule has 0 aliphatic carbocycles. The molecule has 3 rings (SSSR count). The molecule has 172 valence electrons. The van der Waals surface area contributed by atoms with Crippen molar-refractivity contribution in [3.63, 3.8) is 0 Å². The number of hydrogen-bond acceptors (Lipinski definition) is 6. The second kappa shape index (κ2) is 12.2. The minimum Gasteiger partial charge on any atom is -0.497 e. The summed E-state index contributed by atoms with van der Waals surface area (Å²) in [5.41, 5.74) is 0.724.